The lowest BCUT2D eigenvalue weighted by molar-refractivity contribution is -0.0122. The van der Waals surface area contributed by atoms with Gasteiger partial charge in [-0.05, 0) is 11.6 Å². The van der Waals surface area contributed by atoms with Crippen molar-refractivity contribution < 1.29 is 32.6 Å². The molecule has 1 aliphatic heterocycles. The minimum absolute atomic E-state index is 0.0320. The molecule has 0 aromatic heterocycles. The fourth-order valence-corrected chi connectivity index (χ4v) is 6.55. The molecule has 0 saturated carbocycles. The Hall–Kier alpha value is -0.430. The Bertz CT molecular complexity index is 658. The SMILES string of the molecule is C=CCSSc1ccccc1CS(=O)CC1COCCOCCOCCOCCOCCOC1. The molecule has 0 amide bonds. The minimum Gasteiger partial charge on any atom is -0.379 e. The molecule has 7 nitrogen and oxygen atoms in total. The van der Waals surface area contributed by atoms with Crippen LogP contribution in [-0.4, -0.2) is 95.0 Å². The maximum absolute atomic E-state index is 13.0. The summed E-state index contributed by atoms with van der Waals surface area (Å²) in [7, 11) is 2.40. The zero-order valence-electron chi connectivity index (χ0n) is 19.9. The molecule has 1 saturated heterocycles. The molecule has 1 aliphatic rings. The Kier molecular flexibility index (Phi) is 18.2. The second-order valence-electron chi connectivity index (χ2n) is 7.48. The monoisotopic (exact) mass is 534 g/mol. The van der Waals surface area contributed by atoms with E-state index in [0.29, 0.717) is 90.8 Å². The van der Waals surface area contributed by atoms with Gasteiger partial charge in [0.25, 0.3) is 0 Å². The van der Waals surface area contributed by atoms with Gasteiger partial charge in [0, 0.05) is 38.9 Å². The van der Waals surface area contributed by atoms with E-state index in [4.69, 9.17) is 28.4 Å². The van der Waals surface area contributed by atoms with Crippen LogP contribution in [0.15, 0.2) is 41.8 Å². The average molecular weight is 535 g/mol. The first-order valence-electron chi connectivity index (χ1n) is 11.6. The highest BCUT2D eigenvalue weighted by Crippen LogP contribution is 2.34. The van der Waals surface area contributed by atoms with E-state index in [1.807, 2.05) is 18.2 Å². The third kappa shape index (κ3) is 14.9. The van der Waals surface area contributed by atoms with Crippen LogP contribution in [0.4, 0.5) is 0 Å². The van der Waals surface area contributed by atoms with Crippen LogP contribution in [0.2, 0.25) is 0 Å². The largest absolute Gasteiger partial charge is 0.379 e. The summed E-state index contributed by atoms with van der Waals surface area (Å²) in [5.74, 6) is 1.93. The van der Waals surface area contributed by atoms with Crippen LogP contribution in [0.5, 0.6) is 0 Å². The average Bonchev–Trinajstić information content (AvgIpc) is 2.84. The van der Waals surface area contributed by atoms with Crippen LogP contribution in [0.3, 0.4) is 0 Å². The van der Waals surface area contributed by atoms with E-state index in [-0.39, 0.29) is 5.92 Å². The Morgan fingerprint density at radius 3 is 1.85 bits per heavy atom. The second-order valence-corrected chi connectivity index (χ2v) is 11.4. The molecule has 2 rings (SSSR count). The third-order valence-electron chi connectivity index (χ3n) is 4.61. The van der Waals surface area contributed by atoms with Crippen LogP contribution in [0.25, 0.3) is 0 Å². The van der Waals surface area contributed by atoms with Gasteiger partial charge in [0.05, 0.1) is 79.3 Å². The van der Waals surface area contributed by atoms with Crippen LogP contribution in [0, 0.1) is 5.92 Å². The van der Waals surface area contributed by atoms with Crippen molar-refractivity contribution in [1.82, 2.24) is 0 Å². The van der Waals surface area contributed by atoms with Gasteiger partial charge in [-0.1, -0.05) is 45.9 Å². The van der Waals surface area contributed by atoms with Gasteiger partial charge < -0.3 is 28.4 Å². The lowest BCUT2D eigenvalue weighted by atomic mass is 10.2. The Morgan fingerprint density at radius 1 is 0.824 bits per heavy atom. The highest BCUT2D eigenvalue weighted by molar-refractivity contribution is 8.76. The van der Waals surface area contributed by atoms with Gasteiger partial charge in [-0.25, -0.2) is 0 Å². The summed E-state index contributed by atoms with van der Waals surface area (Å²) in [6.07, 6.45) is 1.89. The van der Waals surface area contributed by atoms with Gasteiger partial charge >= 0.3 is 0 Å². The normalized spacial score (nSPS) is 20.0. The molecule has 1 atom stereocenters. The zero-order chi connectivity index (χ0) is 24.1. The number of hydrogen-bond donors (Lipinski definition) is 0. The molecule has 0 aliphatic carbocycles. The predicted octanol–water partition coefficient (Wildman–Crippen LogP) is 3.59. The van der Waals surface area contributed by atoms with E-state index >= 15 is 0 Å². The fraction of sp³-hybridized carbons (Fsp3) is 0.667. The van der Waals surface area contributed by atoms with Crippen LogP contribution in [0.1, 0.15) is 5.56 Å². The van der Waals surface area contributed by atoms with Gasteiger partial charge in [0.15, 0.2) is 0 Å². The highest BCUT2D eigenvalue weighted by atomic mass is 33.1. The molecular formula is C24H38O7S3. The number of benzene rings is 1. The van der Waals surface area contributed by atoms with Gasteiger partial charge in [0.2, 0.25) is 0 Å². The molecule has 0 radical (unpaired) electrons. The lowest BCUT2D eigenvalue weighted by Crippen LogP contribution is -2.25. The molecule has 10 heteroatoms. The molecule has 1 heterocycles. The van der Waals surface area contributed by atoms with E-state index < -0.39 is 10.8 Å². The predicted molar refractivity (Wildman–Crippen MR) is 140 cm³/mol. The summed E-state index contributed by atoms with van der Waals surface area (Å²) < 4.78 is 46.6. The molecule has 1 aromatic rings. The van der Waals surface area contributed by atoms with Crippen LogP contribution >= 0.6 is 21.6 Å². The zero-order valence-corrected chi connectivity index (χ0v) is 22.3. The number of ether oxygens (including phenoxy) is 6. The lowest BCUT2D eigenvalue weighted by Gasteiger charge is -2.18. The first-order chi connectivity index (χ1) is 16.8. The Labute approximate surface area is 214 Å². The van der Waals surface area contributed by atoms with Crippen molar-refractivity contribution in [2.45, 2.75) is 10.6 Å². The topological polar surface area (TPSA) is 72.5 Å². The van der Waals surface area contributed by atoms with Gasteiger partial charge in [-0.2, -0.15) is 0 Å². The molecule has 34 heavy (non-hydrogen) atoms. The van der Waals surface area contributed by atoms with E-state index in [0.717, 1.165) is 16.2 Å². The second kappa shape index (κ2) is 20.7. The highest BCUT2D eigenvalue weighted by Gasteiger charge is 2.16. The molecule has 1 unspecified atom stereocenters. The minimum atomic E-state index is -1.03. The first-order valence-corrected chi connectivity index (χ1v) is 15.4. The quantitative estimate of drug-likeness (QED) is 0.283. The molecule has 0 bridgehead atoms. The van der Waals surface area contributed by atoms with Crippen molar-refractivity contribution in [2.75, 3.05) is 90.8 Å². The van der Waals surface area contributed by atoms with Crippen LogP contribution < -0.4 is 0 Å². The van der Waals surface area contributed by atoms with E-state index in [1.54, 1.807) is 21.6 Å². The van der Waals surface area contributed by atoms with Crippen LogP contribution in [-0.2, 0) is 45.0 Å². The molecular weight excluding hydrogens is 496 g/mol. The summed E-state index contributed by atoms with van der Waals surface area (Å²) in [5, 5.41) is 0. The molecule has 1 aromatic carbocycles. The van der Waals surface area contributed by atoms with Crippen molar-refractivity contribution in [3.05, 3.63) is 42.5 Å². The maximum atomic E-state index is 13.0. The van der Waals surface area contributed by atoms with Crippen molar-refractivity contribution in [2.24, 2.45) is 5.92 Å². The van der Waals surface area contributed by atoms with E-state index in [2.05, 4.69) is 18.7 Å². The fourth-order valence-electron chi connectivity index (χ4n) is 2.99. The molecule has 0 spiro atoms. The summed E-state index contributed by atoms with van der Waals surface area (Å²) in [6.45, 7) is 9.85. The maximum Gasteiger partial charge on any atom is 0.0701 e. The number of hydrogen-bond acceptors (Lipinski definition) is 9. The Morgan fingerprint density at radius 2 is 1.32 bits per heavy atom. The first kappa shape index (κ1) is 29.8. The molecule has 194 valence electrons. The number of rotatable bonds is 8. The summed E-state index contributed by atoms with van der Waals surface area (Å²) in [6, 6.07) is 8.14. The van der Waals surface area contributed by atoms with Gasteiger partial charge in [-0.15, -0.1) is 6.58 Å². The van der Waals surface area contributed by atoms with E-state index in [1.165, 1.54) is 0 Å². The van der Waals surface area contributed by atoms with E-state index in [9.17, 15) is 4.21 Å². The molecule has 0 N–H and O–H groups in total. The van der Waals surface area contributed by atoms with Crippen molar-refractivity contribution in [3.8, 4) is 0 Å². The summed E-state index contributed by atoms with van der Waals surface area (Å²) in [5.41, 5.74) is 1.10. The smallest absolute Gasteiger partial charge is 0.0701 e. The van der Waals surface area contributed by atoms with Crippen molar-refractivity contribution in [3.63, 3.8) is 0 Å². The molecule has 1 fully saturated rings. The third-order valence-corrected chi connectivity index (χ3v) is 8.46. The summed E-state index contributed by atoms with van der Waals surface area (Å²) >= 11 is 0. The summed E-state index contributed by atoms with van der Waals surface area (Å²) in [4.78, 5) is 1.15. The Balaban J connectivity index is 1.82. The van der Waals surface area contributed by atoms with Gasteiger partial charge in [-0.3, -0.25) is 4.21 Å². The van der Waals surface area contributed by atoms with Crippen molar-refractivity contribution in [1.29, 1.82) is 0 Å². The van der Waals surface area contributed by atoms with Crippen molar-refractivity contribution >= 4 is 32.4 Å². The van der Waals surface area contributed by atoms with Gasteiger partial charge in [0.1, 0.15) is 0 Å². The standard InChI is InChI=1S/C24H38O7S3/c1-2-17-32-33-24-6-4-3-5-23(24)21-34(25)20-22-18-30-15-13-28-11-9-26-7-8-27-10-12-29-14-16-31-19-22/h2-6,22H,1,7-21H2.